The summed E-state index contributed by atoms with van der Waals surface area (Å²) < 4.78 is 5.51. The van der Waals surface area contributed by atoms with Gasteiger partial charge in [-0.1, -0.05) is 48.0 Å². The number of aliphatic hydroxyl groups excluding tert-OH is 1. The minimum absolute atomic E-state index is 0.117. The van der Waals surface area contributed by atoms with Crippen LogP contribution >= 0.6 is 11.6 Å². The van der Waals surface area contributed by atoms with E-state index in [4.69, 9.17) is 16.3 Å². The van der Waals surface area contributed by atoms with Gasteiger partial charge in [0.2, 0.25) is 0 Å². The minimum Gasteiger partial charge on any atom is -0.507 e. The van der Waals surface area contributed by atoms with Gasteiger partial charge in [-0.2, -0.15) is 0 Å². The second kappa shape index (κ2) is 9.00. The van der Waals surface area contributed by atoms with Crippen LogP contribution in [0.5, 0.6) is 11.5 Å². The average Bonchev–Trinajstić information content (AvgIpc) is 3.06. The molecule has 1 aliphatic rings. The normalized spacial score (nSPS) is 17.4. The molecule has 4 rings (SSSR count). The molecule has 1 atom stereocenters. The molecule has 3 aromatic rings. The molecule has 0 saturated carbocycles. The summed E-state index contributed by atoms with van der Waals surface area (Å²) >= 11 is 6.36. The van der Waals surface area contributed by atoms with Crippen LogP contribution in [-0.2, 0) is 9.59 Å². The SMILES string of the molecule is CCOc1ccc(Cl)c(/C(O)=C2\C(=O)C(=O)N(c3ccccc3O)C2c2ccccc2C)c1. The summed E-state index contributed by atoms with van der Waals surface area (Å²) in [5.41, 5.74) is 1.68. The van der Waals surface area contributed by atoms with E-state index in [2.05, 4.69) is 0 Å². The number of Topliss-reactive ketones (excluding diaryl/α,β-unsaturated/α-hetero) is 1. The van der Waals surface area contributed by atoms with E-state index in [-0.39, 0.29) is 27.6 Å². The highest BCUT2D eigenvalue weighted by Crippen LogP contribution is 2.46. The van der Waals surface area contributed by atoms with Gasteiger partial charge in [-0.25, -0.2) is 0 Å². The minimum atomic E-state index is -0.966. The number of halogens is 1. The maximum atomic E-state index is 13.3. The number of aromatic hydroxyl groups is 1. The van der Waals surface area contributed by atoms with Gasteiger partial charge in [0.25, 0.3) is 11.7 Å². The van der Waals surface area contributed by atoms with Gasteiger partial charge >= 0.3 is 0 Å². The van der Waals surface area contributed by atoms with E-state index in [1.54, 1.807) is 42.5 Å². The Kier molecular flexibility index (Phi) is 6.11. The highest BCUT2D eigenvalue weighted by atomic mass is 35.5. The number of hydrogen-bond acceptors (Lipinski definition) is 5. The van der Waals surface area contributed by atoms with Crippen molar-refractivity contribution >= 4 is 34.7 Å². The average molecular weight is 464 g/mol. The van der Waals surface area contributed by atoms with E-state index in [1.165, 1.54) is 17.0 Å². The molecular formula is C26H22ClNO5. The number of rotatable bonds is 5. The van der Waals surface area contributed by atoms with Gasteiger partial charge in [-0.15, -0.1) is 0 Å². The first-order chi connectivity index (χ1) is 15.8. The number of para-hydroxylation sites is 2. The number of hydrogen-bond donors (Lipinski definition) is 2. The standard InChI is InChI=1S/C26H22ClNO5/c1-3-33-16-12-13-19(27)18(14-16)24(30)22-23(17-9-5-4-8-15(17)2)28(26(32)25(22)31)20-10-6-7-11-21(20)29/h4-14,23,29-30H,3H2,1-2H3/b24-22+. The summed E-state index contributed by atoms with van der Waals surface area (Å²) in [5.74, 6) is -1.84. The number of carbonyl (C=O) groups is 2. The fraction of sp³-hybridized carbons (Fsp3) is 0.154. The van der Waals surface area contributed by atoms with Gasteiger partial charge in [0, 0.05) is 5.56 Å². The van der Waals surface area contributed by atoms with Gasteiger partial charge in [0.15, 0.2) is 0 Å². The molecule has 1 amide bonds. The first-order valence-corrected chi connectivity index (χ1v) is 10.8. The highest BCUT2D eigenvalue weighted by molar-refractivity contribution is 6.52. The smallest absolute Gasteiger partial charge is 0.300 e. The van der Waals surface area contributed by atoms with Crippen molar-refractivity contribution in [1.29, 1.82) is 0 Å². The van der Waals surface area contributed by atoms with Crippen LogP contribution in [-0.4, -0.2) is 28.5 Å². The Morgan fingerprint density at radius 2 is 1.76 bits per heavy atom. The van der Waals surface area contributed by atoms with Crippen molar-refractivity contribution in [2.45, 2.75) is 19.9 Å². The van der Waals surface area contributed by atoms with Crippen molar-refractivity contribution in [3.63, 3.8) is 0 Å². The molecule has 33 heavy (non-hydrogen) atoms. The number of amides is 1. The van der Waals surface area contributed by atoms with E-state index in [9.17, 15) is 19.8 Å². The number of aryl methyl sites for hydroxylation is 1. The predicted octanol–water partition coefficient (Wildman–Crippen LogP) is 5.38. The third-order valence-electron chi connectivity index (χ3n) is 5.57. The van der Waals surface area contributed by atoms with Crippen LogP contribution in [0.3, 0.4) is 0 Å². The van der Waals surface area contributed by atoms with Gasteiger partial charge in [0.1, 0.15) is 17.3 Å². The number of ketones is 1. The molecule has 1 unspecified atom stereocenters. The lowest BCUT2D eigenvalue weighted by Crippen LogP contribution is -2.29. The summed E-state index contributed by atoms with van der Waals surface area (Å²) in [5, 5.41) is 22.0. The first-order valence-electron chi connectivity index (χ1n) is 10.4. The Hall–Kier alpha value is -3.77. The maximum absolute atomic E-state index is 13.3. The van der Waals surface area contributed by atoms with Crippen LogP contribution in [0.1, 0.15) is 29.7 Å². The molecule has 0 aliphatic carbocycles. The van der Waals surface area contributed by atoms with Crippen LogP contribution in [0.25, 0.3) is 5.76 Å². The summed E-state index contributed by atoms with van der Waals surface area (Å²) in [6, 6.07) is 17.3. The molecule has 0 bridgehead atoms. The van der Waals surface area contributed by atoms with Crippen molar-refractivity contribution in [3.8, 4) is 11.5 Å². The molecule has 0 aromatic heterocycles. The second-order valence-corrected chi connectivity index (χ2v) is 8.00. The zero-order valence-corrected chi connectivity index (χ0v) is 18.8. The Labute approximate surface area is 196 Å². The zero-order valence-electron chi connectivity index (χ0n) is 18.1. The fourth-order valence-electron chi connectivity index (χ4n) is 4.02. The Morgan fingerprint density at radius 1 is 1.06 bits per heavy atom. The summed E-state index contributed by atoms with van der Waals surface area (Å²) in [6.45, 7) is 4.08. The number of aliphatic hydroxyl groups is 1. The number of carbonyl (C=O) groups excluding carboxylic acids is 2. The number of phenolic OH excluding ortho intramolecular Hbond substituents is 1. The number of benzene rings is 3. The lowest BCUT2D eigenvalue weighted by molar-refractivity contribution is -0.132. The van der Waals surface area contributed by atoms with E-state index < -0.39 is 23.5 Å². The maximum Gasteiger partial charge on any atom is 0.300 e. The van der Waals surface area contributed by atoms with Crippen LogP contribution in [0.4, 0.5) is 5.69 Å². The third-order valence-corrected chi connectivity index (χ3v) is 5.90. The molecule has 0 spiro atoms. The predicted molar refractivity (Wildman–Crippen MR) is 127 cm³/mol. The summed E-state index contributed by atoms with van der Waals surface area (Å²) in [7, 11) is 0. The molecule has 2 N–H and O–H groups in total. The molecule has 1 heterocycles. The van der Waals surface area contributed by atoms with E-state index in [0.717, 1.165) is 5.56 Å². The topological polar surface area (TPSA) is 87.1 Å². The Morgan fingerprint density at radius 3 is 2.45 bits per heavy atom. The molecule has 1 saturated heterocycles. The van der Waals surface area contributed by atoms with E-state index in [1.807, 2.05) is 26.0 Å². The molecule has 1 aliphatic heterocycles. The van der Waals surface area contributed by atoms with Crippen molar-refractivity contribution < 1.29 is 24.5 Å². The summed E-state index contributed by atoms with van der Waals surface area (Å²) in [4.78, 5) is 27.7. The monoisotopic (exact) mass is 463 g/mol. The Balaban J connectivity index is 2.00. The Bertz CT molecular complexity index is 1280. The van der Waals surface area contributed by atoms with Crippen LogP contribution in [0.15, 0.2) is 72.3 Å². The highest BCUT2D eigenvalue weighted by Gasteiger charge is 2.48. The largest absolute Gasteiger partial charge is 0.507 e. The van der Waals surface area contributed by atoms with Crippen LogP contribution in [0, 0.1) is 6.92 Å². The number of anilines is 1. The van der Waals surface area contributed by atoms with Crippen LogP contribution < -0.4 is 9.64 Å². The quantitative estimate of drug-likeness (QED) is 0.301. The molecular weight excluding hydrogens is 442 g/mol. The summed E-state index contributed by atoms with van der Waals surface area (Å²) in [6.07, 6.45) is 0. The van der Waals surface area contributed by atoms with E-state index >= 15 is 0 Å². The van der Waals surface area contributed by atoms with E-state index in [0.29, 0.717) is 17.9 Å². The van der Waals surface area contributed by atoms with Gasteiger partial charge < -0.3 is 14.9 Å². The van der Waals surface area contributed by atoms with Crippen molar-refractivity contribution in [2.24, 2.45) is 0 Å². The molecule has 7 heteroatoms. The fourth-order valence-corrected chi connectivity index (χ4v) is 4.23. The third kappa shape index (κ3) is 3.94. The number of nitrogens with zero attached hydrogens (tertiary/aromatic N) is 1. The molecule has 168 valence electrons. The van der Waals surface area contributed by atoms with Crippen molar-refractivity contribution in [2.75, 3.05) is 11.5 Å². The van der Waals surface area contributed by atoms with Gasteiger partial charge in [0.05, 0.1) is 28.9 Å². The second-order valence-electron chi connectivity index (χ2n) is 7.59. The zero-order chi connectivity index (χ0) is 23.7. The molecule has 3 aromatic carbocycles. The molecule has 0 radical (unpaired) electrons. The van der Waals surface area contributed by atoms with Crippen molar-refractivity contribution in [3.05, 3.63) is 94.0 Å². The molecule has 6 nitrogen and oxygen atoms in total. The first kappa shape index (κ1) is 22.4. The number of ether oxygens (including phenoxy) is 1. The van der Waals surface area contributed by atoms with Crippen LogP contribution in [0.2, 0.25) is 5.02 Å². The number of phenols is 1. The lowest BCUT2D eigenvalue weighted by atomic mass is 9.92. The van der Waals surface area contributed by atoms with Crippen molar-refractivity contribution in [1.82, 2.24) is 0 Å². The van der Waals surface area contributed by atoms with Gasteiger partial charge in [-0.3, -0.25) is 14.5 Å². The van der Waals surface area contributed by atoms with Gasteiger partial charge in [-0.05, 0) is 55.3 Å². The lowest BCUT2D eigenvalue weighted by Gasteiger charge is -2.27. The molecule has 1 fully saturated rings.